The van der Waals surface area contributed by atoms with Gasteiger partial charge in [-0.3, -0.25) is 19.2 Å². The first kappa shape index (κ1) is 30.4. The molecule has 214 valence electrons. The molecule has 39 heavy (non-hydrogen) atoms. The summed E-state index contributed by atoms with van der Waals surface area (Å²) in [5.41, 5.74) is 4.15. The highest BCUT2D eigenvalue weighted by molar-refractivity contribution is 8.00. The maximum absolute atomic E-state index is 12.9. The standard InChI is InChI=1S/C19H23N5O7S2.C6H12/c1-4-5-19(17(28)31-10(3)30-9(2)25)7-24-15(27)13(16(24)33-8-19)22-14(26)12(23-29)11-6-32-18(20)21-11;1-2-4-6-5-3-1/h4-6,10,13,16,29H,7-8H2,1-3H3,(H2,20,21)(H,22,26);1-6H2/t10?,13?,16-,19?;/m1./s1. The largest absolute Gasteiger partial charge is 0.426 e. The van der Waals surface area contributed by atoms with E-state index >= 15 is 0 Å². The Labute approximate surface area is 235 Å². The zero-order valence-corrected chi connectivity index (χ0v) is 23.9. The Morgan fingerprint density at radius 3 is 2.41 bits per heavy atom. The lowest BCUT2D eigenvalue weighted by atomic mass is 9.86. The van der Waals surface area contributed by atoms with E-state index in [-0.39, 0.29) is 28.8 Å². The minimum atomic E-state index is -1.13. The van der Waals surface area contributed by atoms with Crippen LogP contribution in [0.4, 0.5) is 5.13 Å². The molecule has 3 aliphatic rings. The van der Waals surface area contributed by atoms with E-state index in [2.05, 4.69) is 15.5 Å². The van der Waals surface area contributed by atoms with Crippen molar-refractivity contribution in [3.63, 3.8) is 0 Å². The first-order chi connectivity index (χ1) is 18.6. The molecule has 2 amide bonds. The van der Waals surface area contributed by atoms with Gasteiger partial charge in [-0.05, 0) is 6.92 Å². The first-order valence-corrected chi connectivity index (χ1v) is 14.7. The van der Waals surface area contributed by atoms with Crippen molar-refractivity contribution in [2.24, 2.45) is 10.6 Å². The van der Waals surface area contributed by atoms with Gasteiger partial charge in [0.2, 0.25) is 12.2 Å². The number of esters is 2. The fourth-order valence-electron chi connectivity index (χ4n) is 4.61. The third-order valence-corrected chi connectivity index (χ3v) is 8.69. The Kier molecular flexibility index (Phi) is 10.7. The lowest BCUT2D eigenvalue weighted by Gasteiger charge is -2.53. The average Bonchev–Trinajstić information content (AvgIpc) is 3.34. The summed E-state index contributed by atoms with van der Waals surface area (Å²) in [6.45, 7) is 4.41. The van der Waals surface area contributed by atoms with Crippen molar-refractivity contribution in [1.29, 1.82) is 0 Å². The summed E-state index contributed by atoms with van der Waals surface area (Å²) in [6, 6.07) is -0.866. The molecule has 0 radical (unpaired) electrons. The number of oxime groups is 1. The van der Waals surface area contributed by atoms with Gasteiger partial charge >= 0.3 is 11.9 Å². The van der Waals surface area contributed by atoms with E-state index < -0.39 is 46.9 Å². The van der Waals surface area contributed by atoms with E-state index in [4.69, 9.17) is 15.2 Å². The second kappa shape index (κ2) is 13.8. The number of rotatable bonds is 7. The molecular weight excluding hydrogens is 546 g/mol. The highest BCUT2D eigenvalue weighted by Gasteiger charge is 2.57. The van der Waals surface area contributed by atoms with Crippen LogP contribution >= 0.6 is 23.1 Å². The van der Waals surface area contributed by atoms with Crippen molar-refractivity contribution in [3.8, 4) is 0 Å². The number of amides is 2. The summed E-state index contributed by atoms with van der Waals surface area (Å²) in [5, 5.41) is 16.0. The lowest BCUT2D eigenvalue weighted by molar-refractivity contribution is -0.189. The minimum absolute atomic E-state index is 0.0371. The SMILES string of the molecule is C1CCCCC1.CC=CC1(C(=O)OC(C)OC(C)=O)CS[C@@H]2C(NC(=O)C(=NO)c3csc(N)n3)C(=O)N2C1. The number of aromatic nitrogens is 1. The molecular formula is C25H35N5O7S2. The topological polar surface area (TPSA) is 174 Å². The second-order valence-electron chi connectivity index (χ2n) is 9.50. The number of carbonyl (C=O) groups excluding carboxylic acids is 4. The normalized spacial score (nSPS) is 25.5. The monoisotopic (exact) mass is 581 g/mol. The molecule has 4 atom stereocenters. The number of thioether (sulfide) groups is 1. The number of thiazole rings is 1. The molecule has 0 bridgehead atoms. The maximum Gasteiger partial charge on any atom is 0.321 e. The van der Waals surface area contributed by atoms with Crippen LogP contribution in [0.2, 0.25) is 0 Å². The highest BCUT2D eigenvalue weighted by atomic mass is 32.2. The third kappa shape index (κ3) is 7.50. The van der Waals surface area contributed by atoms with E-state index in [0.29, 0.717) is 0 Å². The van der Waals surface area contributed by atoms with Crippen LogP contribution in [0.1, 0.15) is 65.0 Å². The number of nitrogens with two attached hydrogens (primary N) is 1. The van der Waals surface area contributed by atoms with Gasteiger partial charge in [0.05, 0.1) is 0 Å². The van der Waals surface area contributed by atoms with Crippen LogP contribution < -0.4 is 11.1 Å². The molecule has 1 saturated carbocycles. The molecule has 2 aliphatic heterocycles. The number of ether oxygens (including phenoxy) is 2. The summed E-state index contributed by atoms with van der Waals surface area (Å²) in [6.07, 6.45) is 11.3. The number of allylic oxidation sites excluding steroid dienone is 1. The number of β-lactam (4-membered cyclic amide) rings is 1. The summed E-state index contributed by atoms with van der Waals surface area (Å²) >= 11 is 2.37. The van der Waals surface area contributed by atoms with Gasteiger partial charge in [0.25, 0.3) is 5.91 Å². The molecule has 3 fully saturated rings. The van der Waals surface area contributed by atoms with Gasteiger partial charge in [0, 0.05) is 31.5 Å². The Hall–Kier alpha value is -3.13. The van der Waals surface area contributed by atoms with E-state index in [1.165, 1.54) is 74.4 Å². The summed E-state index contributed by atoms with van der Waals surface area (Å²) in [7, 11) is 0. The molecule has 0 spiro atoms. The third-order valence-electron chi connectivity index (χ3n) is 6.47. The minimum Gasteiger partial charge on any atom is -0.426 e. The number of nitrogens with one attached hydrogen (secondary N) is 1. The zero-order valence-electron chi connectivity index (χ0n) is 22.3. The number of carbonyl (C=O) groups is 4. The fourth-order valence-corrected chi connectivity index (χ4v) is 6.67. The maximum atomic E-state index is 12.9. The molecule has 12 nitrogen and oxygen atoms in total. The van der Waals surface area contributed by atoms with Crippen molar-refractivity contribution in [1.82, 2.24) is 15.2 Å². The zero-order chi connectivity index (χ0) is 28.6. The number of nitrogen functional groups attached to an aromatic ring is 1. The lowest BCUT2D eigenvalue weighted by Crippen LogP contribution is -2.74. The molecule has 4 N–H and O–H groups in total. The smallest absolute Gasteiger partial charge is 0.321 e. The summed E-state index contributed by atoms with van der Waals surface area (Å²) in [4.78, 5) is 54.7. The Bertz CT molecular complexity index is 1110. The Balaban J connectivity index is 0.000000617. The van der Waals surface area contributed by atoms with Crippen molar-refractivity contribution in [2.45, 2.75) is 77.0 Å². The van der Waals surface area contributed by atoms with Gasteiger partial charge in [-0.2, -0.15) is 0 Å². The quantitative estimate of drug-likeness (QED) is 0.0826. The van der Waals surface area contributed by atoms with Crippen LogP contribution in [0.25, 0.3) is 0 Å². The number of fused-ring (bicyclic) bond motifs is 1. The number of hydrogen-bond donors (Lipinski definition) is 3. The van der Waals surface area contributed by atoms with Crippen molar-refractivity contribution < 1.29 is 33.9 Å². The van der Waals surface area contributed by atoms with Crippen LogP contribution in [-0.4, -0.2) is 74.6 Å². The van der Waals surface area contributed by atoms with Gasteiger partial charge in [0.15, 0.2) is 10.8 Å². The van der Waals surface area contributed by atoms with E-state index in [0.717, 1.165) is 11.3 Å². The Morgan fingerprint density at radius 1 is 1.26 bits per heavy atom. The van der Waals surface area contributed by atoms with Crippen molar-refractivity contribution >= 4 is 57.7 Å². The molecule has 0 aromatic carbocycles. The van der Waals surface area contributed by atoms with Gasteiger partial charge in [-0.1, -0.05) is 55.8 Å². The van der Waals surface area contributed by atoms with Gasteiger partial charge in [-0.15, -0.1) is 23.1 Å². The van der Waals surface area contributed by atoms with Crippen molar-refractivity contribution in [3.05, 3.63) is 23.2 Å². The highest BCUT2D eigenvalue weighted by Crippen LogP contribution is 2.43. The van der Waals surface area contributed by atoms with Crippen LogP contribution in [-0.2, 0) is 28.7 Å². The molecule has 1 aromatic heterocycles. The Morgan fingerprint density at radius 2 is 1.90 bits per heavy atom. The molecule has 3 unspecified atom stereocenters. The summed E-state index contributed by atoms with van der Waals surface area (Å²) < 4.78 is 10.1. The molecule has 1 aromatic rings. The van der Waals surface area contributed by atoms with E-state index in [1.54, 1.807) is 19.1 Å². The van der Waals surface area contributed by atoms with Gasteiger partial charge < -0.3 is 30.6 Å². The van der Waals surface area contributed by atoms with Gasteiger partial charge in [-0.25, -0.2) is 4.98 Å². The number of anilines is 1. The van der Waals surface area contributed by atoms with E-state index in [9.17, 15) is 24.4 Å². The van der Waals surface area contributed by atoms with Crippen molar-refractivity contribution in [2.75, 3.05) is 18.0 Å². The van der Waals surface area contributed by atoms with Crippen LogP contribution in [0.5, 0.6) is 0 Å². The predicted octanol–water partition coefficient (Wildman–Crippen LogP) is 2.66. The number of nitrogens with zero attached hydrogens (tertiary/aromatic N) is 3. The number of hydrogen-bond acceptors (Lipinski definition) is 12. The van der Waals surface area contributed by atoms with Crippen LogP contribution in [0.15, 0.2) is 22.7 Å². The van der Waals surface area contributed by atoms with Crippen LogP contribution in [0.3, 0.4) is 0 Å². The van der Waals surface area contributed by atoms with Crippen LogP contribution in [0, 0.1) is 5.41 Å². The second-order valence-corrected chi connectivity index (χ2v) is 11.5. The molecule has 3 heterocycles. The molecule has 14 heteroatoms. The van der Waals surface area contributed by atoms with Gasteiger partial charge in [0.1, 0.15) is 22.5 Å². The van der Waals surface area contributed by atoms with E-state index in [1.807, 2.05) is 0 Å². The fraction of sp³-hybridized carbons (Fsp3) is 0.600. The molecule has 2 saturated heterocycles. The first-order valence-electron chi connectivity index (χ1n) is 12.8. The average molecular weight is 582 g/mol. The molecule has 4 rings (SSSR count). The summed E-state index contributed by atoms with van der Waals surface area (Å²) in [5.74, 6) is -2.12. The predicted molar refractivity (Wildman–Crippen MR) is 147 cm³/mol. The molecule has 1 aliphatic carbocycles.